The van der Waals surface area contributed by atoms with Gasteiger partial charge < -0.3 is 0 Å². The van der Waals surface area contributed by atoms with Crippen LogP contribution in [0.15, 0.2) is 24.3 Å². The van der Waals surface area contributed by atoms with Crippen LogP contribution in [0.1, 0.15) is 43.2 Å². The molecule has 0 unspecified atom stereocenters. The average Bonchev–Trinajstić information content (AvgIpc) is 3.38. The molecule has 1 atom stereocenters. The number of amides is 2. The van der Waals surface area contributed by atoms with Gasteiger partial charge in [-0.25, -0.2) is 0 Å². The number of rotatable bonds is 4. The Morgan fingerprint density at radius 1 is 1.13 bits per heavy atom. The lowest BCUT2D eigenvalue weighted by molar-refractivity contribution is -0.133. The number of piperidine rings is 1. The summed E-state index contributed by atoms with van der Waals surface area (Å²) < 4.78 is 0. The summed E-state index contributed by atoms with van der Waals surface area (Å²) in [6.45, 7) is 3.77. The summed E-state index contributed by atoms with van der Waals surface area (Å²) in [6.07, 6.45) is 4.88. The molecule has 1 saturated carbocycles. The fourth-order valence-electron chi connectivity index (χ4n) is 3.18. The summed E-state index contributed by atoms with van der Waals surface area (Å²) in [6, 6.07) is 8.24. The lowest BCUT2D eigenvalue weighted by Gasteiger charge is -2.34. The van der Waals surface area contributed by atoms with E-state index in [2.05, 4.69) is 46.9 Å². The van der Waals surface area contributed by atoms with Gasteiger partial charge in [-0.15, -0.1) is 0 Å². The molecule has 5 nitrogen and oxygen atoms in total. The van der Waals surface area contributed by atoms with Crippen LogP contribution in [0.2, 0.25) is 0 Å². The minimum atomic E-state index is -0.163. The maximum atomic E-state index is 12.4. The predicted molar refractivity (Wildman–Crippen MR) is 88.2 cm³/mol. The molecule has 1 aliphatic carbocycles. The van der Waals surface area contributed by atoms with E-state index in [-0.39, 0.29) is 23.8 Å². The molecule has 0 spiro atoms. The molecular weight excluding hydrogens is 290 g/mol. The Bertz CT molecular complexity index is 583. The molecule has 0 bridgehead atoms. The molecule has 1 saturated heterocycles. The topological polar surface area (TPSA) is 61.4 Å². The fourth-order valence-corrected chi connectivity index (χ4v) is 3.18. The predicted octanol–water partition coefficient (Wildman–Crippen LogP) is 1.91. The van der Waals surface area contributed by atoms with E-state index in [9.17, 15) is 9.59 Å². The molecule has 2 aliphatic rings. The second-order valence-corrected chi connectivity index (χ2v) is 6.72. The van der Waals surface area contributed by atoms with Gasteiger partial charge in [0.15, 0.2) is 0 Å². The summed E-state index contributed by atoms with van der Waals surface area (Å²) in [5, 5.41) is 0. The minimum absolute atomic E-state index is 0.0561. The highest BCUT2D eigenvalue weighted by Gasteiger charge is 2.32. The maximum absolute atomic E-state index is 12.4. The maximum Gasteiger partial charge on any atom is 0.255 e. The molecule has 23 heavy (non-hydrogen) atoms. The van der Waals surface area contributed by atoms with Crippen molar-refractivity contribution >= 4 is 11.8 Å². The molecule has 1 aromatic carbocycles. The van der Waals surface area contributed by atoms with Gasteiger partial charge in [-0.3, -0.25) is 25.3 Å². The Balaban J connectivity index is 1.58. The number of hydrazine groups is 1. The lowest BCUT2D eigenvalue weighted by Crippen LogP contribution is -2.53. The van der Waals surface area contributed by atoms with Gasteiger partial charge in [0.05, 0.1) is 6.04 Å². The van der Waals surface area contributed by atoms with E-state index in [0.717, 1.165) is 45.2 Å². The molecule has 3 rings (SSSR count). The van der Waals surface area contributed by atoms with E-state index in [1.165, 1.54) is 11.1 Å². The average molecular weight is 315 g/mol. The van der Waals surface area contributed by atoms with E-state index in [0.29, 0.717) is 0 Å². The number of likely N-dealkylation sites (tertiary alicyclic amines) is 1. The third-order valence-corrected chi connectivity index (χ3v) is 4.64. The van der Waals surface area contributed by atoms with Crippen LogP contribution in [0.5, 0.6) is 0 Å². The number of hydrogen-bond donors (Lipinski definition) is 2. The Morgan fingerprint density at radius 3 is 2.65 bits per heavy atom. The number of nitrogens with zero attached hydrogens (tertiary/aromatic N) is 1. The number of nitrogens with one attached hydrogen (secondary N) is 2. The fraction of sp³-hybridized carbons (Fsp3) is 0.556. The first-order chi connectivity index (χ1) is 11.1. The van der Waals surface area contributed by atoms with Crippen molar-refractivity contribution in [3.63, 3.8) is 0 Å². The van der Waals surface area contributed by atoms with Gasteiger partial charge in [0.25, 0.3) is 5.91 Å². The van der Waals surface area contributed by atoms with Crippen LogP contribution in [0.3, 0.4) is 0 Å². The van der Waals surface area contributed by atoms with Crippen molar-refractivity contribution in [2.45, 2.75) is 51.6 Å². The normalized spacial score (nSPS) is 21.7. The SMILES string of the molecule is Cc1cccc(CN2CCCC[C@H]2C(=O)NNC(=O)C2CC2)c1. The van der Waals surface area contributed by atoms with E-state index in [1.54, 1.807) is 0 Å². The zero-order chi connectivity index (χ0) is 16.2. The molecular formula is C18H25N3O2. The van der Waals surface area contributed by atoms with Crippen LogP contribution >= 0.6 is 0 Å². The number of aryl methyl sites for hydroxylation is 1. The third kappa shape index (κ3) is 4.32. The van der Waals surface area contributed by atoms with Gasteiger partial charge in [0, 0.05) is 12.5 Å². The Labute approximate surface area is 137 Å². The molecule has 2 amide bonds. The molecule has 1 heterocycles. The Morgan fingerprint density at radius 2 is 1.91 bits per heavy atom. The first kappa shape index (κ1) is 16.0. The second-order valence-electron chi connectivity index (χ2n) is 6.72. The molecule has 0 aromatic heterocycles. The van der Waals surface area contributed by atoms with Gasteiger partial charge in [-0.2, -0.15) is 0 Å². The number of carbonyl (C=O) groups is 2. The van der Waals surface area contributed by atoms with Crippen molar-refractivity contribution in [3.05, 3.63) is 35.4 Å². The molecule has 1 aromatic rings. The van der Waals surface area contributed by atoms with E-state index >= 15 is 0 Å². The first-order valence-electron chi connectivity index (χ1n) is 8.53. The smallest absolute Gasteiger partial charge is 0.255 e. The van der Waals surface area contributed by atoms with Crippen molar-refractivity contribution in [1.82, 2.24) is 15.8 Å². The van der Waals surface area contributed by atoms with Crippen LogP contribution < -0.4 is 10.9 Å². The third-order valence-electron chi connectivity index (χ3n) is 4.64. The Hall–Kier alpha value is -1.88. The summed E-state index contributed by atoms with van der Waals surface area (Å²) in [4.78, 5) is 26.3. The standard InChI is InChI=1S/C18H25N3O2/c1-13-5-4-6-14(11-13)12-21-10-3-2-7-16(21)18(23)20-19-17(22)15-8-9-15/h4-6,11,15-16H,2-3,7-10,12H2,1H3,(H,19,22)(H,20,23)/t16-/m0/s1. The minimum Gasteiger partial charge on any atom is -0.288 e. The highest BCUT2D eigenvalue weighted by atomic mass is 16.2. The molecule has 2 fully saturated rings. The van der Waals surface area contributed by atoms with E-state index in [1.807, 2.05) is 0 Å². The molecule has 5 heteroatoms. The molecule has 2 N–H and O–H groups in total. The monoisotopic (exact) mass is 315 g/mol. The molecule has 124 valence electrons. The summed E-state index contributed by atoms with van der Waals surface area (Å²) >= 11 is 0. The van der Waals surface area contributed by atoms with Crippen molar-refractivity contribution in [3.8, 4) is 0 Å². The van der Waals surface area contributed by atoms with Crippen molar-refractivity contribution in [1.29, 1.82) is 0 Å². The largest absolute Gasteiger partial charge is 0.288 e. The van der Waals surface area contributed by atoms with Gasteiger partial charge >= 0.3 is 0 Å². The quantitative estimate of drug-likeness (QED) is 0.834. The summed E-state index contributed by atoms with van der Waals surface area (Å²) in [5.41, 5.74) is 7.65. The zero-order valence-corrected chi connectivity index (χ0v) is 13.7. The lowest BCUT2D eigenvalue weighted by atomic mass is 10.0. The molecule has 1 aliphatic heterocycles. The number of carbonyl (C=O) groups excluding carboxylic acids is 2. The Kier molecular flexibility index (Phi) is 4.96. The van der Waals surface area contributed by atoms with Crippen molar-refractivity contribution in [2.24, 2.45) is 5.92 Å². The van der Waals surface area contributed by atoms with Gasteiger partial charge in [-0.05, 0) is 44.7 Å². The second kappa shape index (κ2) is 7.13. The van der Waals surface area contributed by atoms with Crippen LogP contribution in [0.25, 0.3) is 0 Å². The van der Waals surface area contributed by atoms with E-state index < -0.39 is 0 Å². The highest BCUT2D eigenvalue weighted by molar-refractivity contribution is 5.86. The first-order valence-corrected chi connectivity index (χ1v) is 8.53. The van der Waals surface area contributed by atoms with Crippen LogP contribution in [-0.4, -0.2) is 29.3 Å². The van der Waals surface area contributed by atoms with E-state index in [4.69, 9.17) is 0 Å². The highest BCUT2D eigenvalue weighted by Crippen LogP contribution is 2.28. The van der Waals surface area contributed by atoms with Crippen LogP contribution in [0.4, 0.5) is 0 Å². The van der Waals surface area contributed by atoms with Crippen molar-refractivity contribution in [2.75, 3.05) is 6.54 Å². The summed E-state index contributed by atoms with van der Waals surface area (Å²) in [7, 11) is 0. The van der Waals surface area contributed by atoms with Gasteiger partial charge in [0.1, 0.15) is 0 Å². The zero-order valence-electron chi connectivity index (χ0n) is 13.7. The van der Waals surface area contributed by atoms with Crippen molar-refractivity contribution < 1.29 is 9.59 Å². The molecule has 0 radical (unpaired) electrons. The number of hydrogen-bond acceptors (Lipinski definition) is 3. The van der Waals surface area contributed by atoms with Crippen LogP contribution in [0, 0.1) is 12.8 Å². The number of benzene rings is 1. The van der Waals surface area contributed by atoms with Crippen LogP contribution in [-0.2, 0) is 16.1 Å². The van der Waals surface area contributed by atoms with Gasteiger partial charge in [-0.1, -0.05) is 36.2 Å². The van der Waals surface area contributed by atoms with Gasteiger partial charge in [0.2, 0.25) is 5.91 Å². The summed E-state index contributed by atoms with van der Waals surface area (Å²) in [5.74, 6) is -0.0456.